The van der Waals surface area contributed by atoms with Crippen LogP contribution in [-0.4, -0.2) is 41.1 Å². The molecule has 0 radical (unpaired) electrons. The number of rotatable bonds is 5. The molecule has 6 nitrogen and oxygen atoms in total. The van der Waals surface area contributed by atoms with Crippen LogP contribution in [0, 0.1) is 0 Å². The fraction of sp³-hybridized carbons (Fsp3) is 0.333. The van der Waals surface area contributed by atoms with Crippen LogP contribution in [0.4, 0.5) is 0 Å². The van der Waals surface area contributed by atoms with Gasteiger partial charge in [-0.05, 0) is 37.6 Å². The normalized spacial score (nSPS) is 27.1. The number of carbonyl (C=O) groups is 2. The summed E-state index contributed by atoms with van der Waals surface area (Å²) in [6.07, 6.45) is -2.48. The average molecular weight is 370 g/mol. The van der Waals surface area contributed by atoms with Crippen LogP contribution in [-0.2, 0) is 14.2 Å². The van der Waals surface area contributed by atoms with E-state index in [-0.39, 0.29) is 0 Å². The second-order valence-corrected chi connectivity index (χ2v) is 6.57. The monoisotopic (exact) mass is 370 g/mol. The summed E-state index contributed by atoms with van der Waals surface area (Å²) < 4.78 is 16.7. The molecule has 0 spiro atoms. The molecule has 6 heteroatoms. The Labute approximate surface area is 157 Å². The predicted octanol–water partition coefficient (Wildman–Crippen LogP) is 2.95. The maximum atomic E-state index is 12.5. The first-order valence-electron chi connectivity index (χ1n) is 8.83. The van der Waals surface area contributed by atoms with Gasteiger partial charge in [-0.15, -0.1) is 0 Å². The number of benzene rings is 2. The van der Waals surface area contributed by atoms with Crippen molar-refractivity contribution in [3.8, 4) is 0 Å². The van der Waals surface area contributed by atoms with Crippen molar-refractivity contribution < 1.29 is 28.9 Å². The van der Waals surface area contributed by atoms with E-state index in [1.165, 1.54) is 6.92 Å². The molecular weight excluding hydrogens is 348 g/mol. The Hall–Kier alpha value is -2.70. The van der Waals surface area contributed by atoms with E-state index in [0.717, 1.165) is 0 Å². The highest BCUT2D eigenvalue weighted by molar-refractivity contribution is 5.90. The standard InChI is InChI=1S/C21H22O6/c1-3-16-17(26-18(22)14-10-6-4-7-11-14)21(2,20(24)25-16)27-19(23)15-12-8-5-9-13-15/h4-13,16-17,20,24H,3H2,1-2H3/t16-,17?,20?,21+/m1/s1. The summed E-state index contributed by atoms with van der Waals surface area (Å²) in [5, 5.41) is 10.4. The minimum absolute atomic E-state index is 0.332. The Morgan fingerprint density at radius 3 is 2.04 bits per heavy atom. The van der Waals surface area contributed by atoms with Crippen LogP contribution in [0.15, 0.2) is 60.7 Å². The minimum atomic E-state index is -1.53. The van der Waals surface area contributed by atoms with Crippen LogP contribution in [0.25, 0.3) is 0 Å². The molecule has 2 aromatic carbocycles. The van der Waals surface area contributed by atoms with Crippen molar-refractivity contribution in [2.75, 3.05) is 0 Å². The lowest BCUT2D eigenvalue weighted by molar-refractivity contribution is -0.170. The molecule has 1 heterocycles. The third-order valence-electron chi connectivity index (χ3n) is 4.66. The van der Waals surface area contributed by atoms with E-state index in [2.05, 4.69) is 0 Å². The molecule has 0 aromatic heterocycles. The SMILES string of the molecule is CC[C@H]1OC(O)[C@@](C)(OC(=O)c2ccccc2)C1OC(=O)c1ccccc1. The van der Waals surface area contributed by atoms with Gasteiger partial charge in [-0.1, -0.05) is 43.3 Å². The topological polar surface area (TPSA) is 82.1 Å². The summed E-state index contributed by atoms with van der Waals surface area (Å²) in [7, 11) is 0. The Kier molecular flexibility index (Phi) is 5.58. The molecular formula is C21H22O6. The van der Waals surface area contributed by atoms with Gasteiger partial charge in [0, 0.05) is 0 Å². The van der Waals surface area contributed by atoms with E-state index in [9.17, 15) is 14.7 Å². The summed E-state index contributed by atoms with van der Waals surface area (Å²) in [6.45, 7) is 3.35. The lowest BCUT2D eigenvalue weighted by atomic mass is 9.95. The Morgan fingerprint density at radius 1 is 1.00 bits per heavy atom. The van der Waals surface area contributed by atoms with Crippen LogP contribution in [0.5, 0.6) is 0 Å². The van der Waals surface area contributed by atoms with Crippen molar-refractivity contribution in [1.82, 2.24) is 0 Å². The fourth-order valence-corrected chi connectivity index (χ4v) is 3.08. The van der Waals surface area contributed by atoms with Gasteiger partial charge in [-0.3, -0.25) is 0 Å². The zero-order valence-electron chi connectivity index (χ0n) is 15.2. The van der Waals surface area contributed by atoms with Gasteiger partial charge in [0.2, 0.25) is 0 Å². The number of aliphatic hydroxyl groups excluding tert-OH is 1. The Morgan fingerprint density at radius 2 is 1.52 bits per heavy atom. The summed E-state index contributed by atoms with van der Waals surface area (Å²) in [6, 6.07) is 16.9. The highest BCUT2D eigenvalue weighted by Gasteiger charge is 2.58. The van der Waals surface area contributed by atoms with Gasteiger partial charge in [0.05, 0.1) is 11.1 Å². The largest absolute Gasteiger partial charge is 0.451 e. The van der Waals surface area contributed by atoms with Gasteiger partial charge < -0.3 is 19.3 Å². The number of hydrogen-bond acceptors (Lipinski definition) is 6. The molecule has 4 atom stereocenters. The highest BCUT2D eigenvalue weighted by atomic mass is 16.7. The number of esters is 2. The smallest absolute Gasteiger partial charge is 0.338 e. The fourth-order valence-electron chi connectivity index (χ4n) is 3.08. The molecule has 1 aliphatic rings. The van der Waals surface area contributed by atoms with Gasteiger partial charge >= 0.3 is 11.9 Å². The summed E-state index contributed by atoms with van der Waals surface area (Å²) >= 11 is 0. The second kappa shape index (κ2) is 7.90. The molecule has 2 unspecified atom stereocenters. The molecule has 142 valence electrons. The molecule has 2 aromatic rings. The molecule has 3 rings (SSSR count). The van der Waals surface area contributed by atoms with E-state index < -0.39 is 36.0 Å². The van der Waals surface area contributed by atoms with Gasteiger partial charge in [-0.25, -0.2) is 9.59 Å². The molecule has 1 aliphatic heterocycles. The van der Waals surface area contributed by atoms with E-state index in [1.807, 2.05) is 6.92 Å². The summed E-state index contributed by atoms with van der Waals surface area (Å²) in [4.78, 5) is 25.0. The van der Waals surface area contributed by atoms with Crippen molar-refractivity contribution >= 4 is 11.9 Å². The zero-order valence-corrected chi connectivity index (χ0v) is 15.2. The van der Waals surface area contributed by atoms with Gasteiger partial charge in [-0.2, -0.15) is 0 Å². The van der Waals surface area contributed by atoms with E-state index >= 15 is 0 Å². The lowest BCUT2D eigenvalue weighted by Gasteiger charge is -2.32. The van der Waals surface area contributed by atoms with Crippen molar-refractivity contribution in [3.05, 3.63) is 71.8 Å². The predicted molar refractivity (Wildman–Crippen MR) is 97.1 cm³/mol. The van der Waals surface area contributed by atoms with Gasteiger partial charge in [0.15, 0.2) is 18.0 Å². The summed E-state index contributed by atoms with van der Waals surface area (Å²) in [5.41, 5.74) is -0.831. The minimum Gasteiger partial charge on any atom is -0.451 e. The molecule has 1 N–H and O–H groups in total. The van der Waals surface area contributed by atoms with E-state index in [1.54, 1.807) is 60.7 Å². The third-order valence-corrected chi connectivity index (χ3v) is 4.66. The molecule has 0 saturated carbocycles. The van der Waals surface area contributed by atoms with Crippen LogP contribution in [0.3, 0.4) is 0 Å². The Balaban J connectivity index is 1.84. The summed E-state index contributed by atoms with van der Waals surface area (Å²) in [5.74, 6) is -1.20. The second-order valence-electron chi connectivity index (χ2n) is 6.57. The van der Waals surface area contributed by atoms with Crippen molar-refractivity contribution in [2.24, 2.45) is 0 Å². The molecule has 1 saturated heterocycles. The quantitative estimate of drug-likeness (QED) is 0.815. The maximum Gasteiger partial charge on any atom is 0.338 e. The average Bonchev–Trinajstić information content (AvgIpc) is 2.93. The Bertz CT molecular complexity index is 791. The van der Waals surface area contributed by atoms with Gasteiger partial charge in [0.1, 0.15) is 6.10 Å². The molecule has 0 aliphatic carbocycles. The van der Waals surface area contributed by atoms with E-state index in [0.29, 0.717) is 17.5 Å². The first-order valence-corrected chi connectivity index (χ1v) is 8.83. The first kappa shape index (κ1) is 19.1. The molecule has 0 amide bonds. The number of carbonyl (C=O) groups excluding carboxylic acids is 2. The first-order chi connectivity index (χ1) is 13.0. The van der Waals surface area contributed by atoms with Crippen molar-refractivity contribution in [3.63, 3.8) is 0 Å². The van der Waals surface area contributed by atoms with E-state index in [4.69, 9.17) is 14.2 Å². The molecule has 0 bridgehead atoms. The van der Waals surface area contributed by atoms with Crippen LogP contribution in [0.1, 0.15) is 41.0 Å². The highest BCUT2D eigenvalue weighted by Crippen LogP contribution is 2.37. The third kappa shape index (κ3) is 3.86. The maximum absolute atomic E-state index is 12.5. The number of ether oxygens (including phenoxy) is 3. The van der Waals surface area contributed by atoms with Crippen LogP contribution in [0.2, 0.25) is 0 Å². The number of aliphatic hydroxyl groups is 1. The molecule has 27 heavy (non-hydrogen) atoms. The van der Waals surface area contributed by atoms with Crippen LogP contribution >= 0.6 is 0 Å². The molecule has 1 fully saturated rings. The lowest BCUT2D eigenvalue weighted by Crippen LogP contribution is -2.51. The number of hydrogen-bond donors (Lipinski definition) is 1. The van der Waals surface area contributed by atoms with Crippen molar-refractivity contribution in [1.29, 1.82) is 0 Å². The van der Waals surface area contributed by atoms with Gasteiger partial charge in [0.25, 0.3) is 0 Å². The van der Waals surface area contributed by atoms with Crippen molar-refractivity contribution in [2.45, 2.75) is 44.4 Å². The van der Waals surface area contributed by atoms with Crippen LogP contribution < -0.4 is 0 Å². The zero-order chi connectivity index (χ0) is 19.4.